The summed E-state index contributed by atoms with van der Waals surface area (Å²) in [6.45, 7) is 13.6. The minimum Gasteiger partial charge on any atom is -0.714 e. The van der Waals surface area contributed by atoms with Crippen LogP contribution in [-0.4, -0.2) is 39.8 Å². The molecule has 0 N–H and O–H groups in total. The predicted octanol–water partition coefficient (Wildman–Crippen LogP) is 2.79. The molecule has 6 heteroatoms. The number of aromatic nitrogens is 1. The zero-order valence-electron chi connectivity index (χ0n) is 14.9. The summed E-state index contributed by atoms with van der Waals surface area (Å²) in [5.74, 6) is 3.17. The van der Waals surface area contributed by atoms with Crippen molar-refractivity contribution in [1.29, 1.82) is 0 Å². The number of amidine groups is 1. The second kappa shape index (κ2) is 5.36. The lowest BCUT2D eigenvalue weighted by molar-refractivity contribution is -0.539. The van der Waals surface area contributed by atoms with Crippen LogP contribution in [0.25, 0.3) is 0 Å². The molecule has 0 bridgehead atoms. The average molecular weight is 330 g/mol. The summed E-state index contributed by atoms with van der Waals surface area (Å²) >= 11 is 0. The highest BCUT2D eigenvalue weighted by molar-refractivity contribution is 6.83. The molecule has 2 rings (SSSR count). The van der Waals surface area contributed by atoms with Crippen LogP contribution in [0, 0.1) is 16.7 Å². The van der Waals surface area contributed by atoms with Gasteiger partial charge in [-0.25, -0.2) is 4.98 Å². The standard InChI is InChI=1S/C17H24N3O2Si/c1-16(2)17(3,4)20(22)15(19(16)21)14-9-8-13(12-18-14)10-11-23(5,6)7/h8-9,12H,1-7H3. The lowest BCUT2D eigenvalue weighted by Gasteiger charge is -2.32. The van der Waals surface area contributed by atoms with Crippen molar-refractivity contribution in [3.8, 4) is 11.5 Å². The lowest BCUT2D eigenvalue weighted by Crippen LogP contribution is -2.53. The topological polar surface area (TPSA) is 62.1 Å². The van der Waals surface area contributed by atoms with E-state index >= 15 is 0 Å². The molecule has 0 unspecified atom stereocenters. The molecule has 0 aromatic carbocycles. The third kappa shape index (κ3) is 2.99. The third-order valence-electron chi connectivity index (χ3n) is 4.47. The minimum atomic E-state index is -1.45. The summed E-state index contributed by atoms with van der Waals surface area (Å²) in [6, 6.07) is 3.50. The normalized spacial score (nSPS) is 19.6. The molecule has 0 amide bonds. The average Bonchev–Trinajstić information content (AvgIpc) is 2.55. The Balaban J connectivity index is 2.40. The van der Waals surface area contributed by atoms with E-state index in [1.807, 2.05) is 6.07 Å². The first kappa shape index (κ1) is 17.5. The lowest BCUT2D eigenvalue weighted by atomic mass is 9.84. The highest BCUT2D eigenvalue weighted by Crippen LogP contribution is 2.36. The molecule has 0 saturated carbocycles. The Bertz CT molecular complexity index is 704. The first-order valence-electron chi connectivity index (χ1n) is 7.69. The number of rotatable bonds is 1. The van der Waals surface area contributed by atoms with Crippen LogP contribution in [0.15, 0.2) is 18.3 Å². The molecule has 0 aliphatic carbocycles. The molecule has 1 aromatic rings. The van der Waals surface area contributed by atoms with Gasteiger partial charge < -0.3 is 5.21 Å². The highest BCUT2D eigenvalue weighted by atomic mass is 28.3. The maximum absolute atomic E-state index is 12.6. The molecule has 0 spiro atoms. The Kier molecular flexibility index (Phi) is 4.08. The van der Waals surface area contributed by atoms with Gasteiger partial charge in [0.15, 0.2) is 11.2 Å². The van der Waals surface area contributed by atoms with Crippen LogP contribution < -0.4 is 0 Å². The summed E-state index contributed by atoms with van der Waals surface area (Å²) in [5, 5.41) is 25.9. The van der Waals surface area contributed by atoms with Crippen LogP contribution in [-0.2, 0) is 5.21 Å². The van der Waals surface area contributed by atoms with Crippen LogP contribution in [0.5, 0.6) is 0 Å². The van der Waals surface area contributed by atoms with E-state index in [9.17, 15) is 10.4 Å². The van der Waals surface area contributed by atoms with Gasteiger partial charge in [-0.15, -0.1) is 5.54 Å². The molecule has 1 aromatic heterocycles. The third-order valence-corrected chi connectivity index (χ3v) is 5.35. The first-order chi connectivity index (χ1) is 10.4. The van der Waals surface area contributed by atoms with E-state index in [0.717, 1.165) is 15.4 Å². The van der Waals surface area contributed by atoms with Gasteiger partial charge in [0, 0.05) is 17.0 Å². The van der Waals surface area contributed by atoms with Gasteiger partial charge in [-0.2, -0.15) is 0 Å². The number of hydrogen-bond acceptors (Lipinski definition) is 3. The maximum Gasteiger partial charge on any atom is 0.335 e. The highest BCUT2D eigenvalue weighted by Gasteiger charge is 2.60. The summed E-state index contributed by atoms with van der Waals surface area (Å²) < 4.78 is 0.774. The van der Waals surface area contributed by atoms with E-state index in [2.05, 4.69) is 36.1 Å². The first-order valence-corrected chi connectivity index (χ1v) is 11.2. The van der Waals surface area contributed by atoms with E-state index < -0.39 is 19.2 Å². The fraction of sp³-hybridized carbons (Fsp3) is 0.529. The number of hydroxylamine groups is 3. The second-order valence-electron chi connectivity index (χ2n) is 7.96. The molecule has 1 aliphatic heterocycles. The fourth-order valence-electron chi connectivity index (χ4n) is 2.18. The number of pyridine rings is 1. The Morgan fingerprint density at radius 2 is 1.83 bits per heavy atom. The molecule has 0 fully saturated rings. The summed E-state index contributed by atoms with van der Waals surface area (Å²) in [5.41, 5.74) is 2.78. The zero-order chi connectivity index (χ0) is 17.6. The molecule has 5 nitrogen and oxygen atoms in total. The van der Waals surface area contributed by atoms with Crippen molar-refractivity contribution in [2.24, 2.45) is 0 Å². The number of hydrogen-bond donors (Lipinski definition) is 0. The van der Waals surface area contributed by atoms with Crippen molar-refractivity contribution < 1.29 is 9.95 Å². The summed E-state index contributed by atoms with van der Waals surface area (Å²) in [6.07, 6.45) is 1.62. The van der Waals surface area contributed by atoms with Crippen molar-refractivity contribution in [1.82, 2.24) is 10.0 Å². The van der Waals surface area contributed by atoms with Crippen LogP contribution in [0.1, 0.15) is 39.0 Å². The SMILES string of the molecule is CC1(C)N([O])C(c2ccc(C#C[Si](C)(C)C)cn2)=[N+]([O-])C1(C)C. The van der Waals surface area contributed by atoms with Crippen molar-refractivity contribution in [2.45, 2.75) is 58.4 Å². The van der Waals surface area contributed by atoms with Gasteiger partial charge >= 0.3 is 5.84 Å². The van der Waals surface area contributed by atoms with Gasteiger partial charge in [-0.05, 0) is 39.8 Å². The van der Waals surface area contributed by atoms with Gasteiger partial charge in [0.05, 0.1) is 0 Å². The molecule has 1 radical (unpaired) electrons. The Labute approximate surface area is 139 Å². The van der Waals surface area contributed by atoms with E-state index in [4.69, 9.17) is 0 Å². The monoisotopic (exact) mass is 330 g/mol. The van der Waals surface area contributed by atoms with E-state index in [0.29, 0.717) is 5.69 Å². The van der Waals surface area contributed by atoms with E-state index in [1.165, 1.54) is 0 Å². The van der Waals surface area contributed by atoms with Crippen molar-refractivity contribution in [3.05, 3.63) is 34.8 Å². The molecule has 1 aliphatic rings. The summed E-state index contributed by atoms with van der Waals surface area (Å²) in [4.78, 5) is 4.29. The van der Waals surface area contributed by atoms with E-state index in [-0.39, 0.29) is 5.84 Å². The Hall–Kier alpha value is -1.84. The molecule has 0 saturated heterocycles. The van der Waals surface area contributed by atoms with Gasteiger partial charge in [0.25, 0.3) is 0 Å². The molecule has 123 valence electrons. The quantitative estimate of drug-likeness (QED) is 0.344. The van der Waals surface area contributed by atoms with Crippen LogP contribution >= 0.6 is 0 Å². The van der Waals surface area contributed by atoms with Gasteiger partial charge in [-0.1, -0.05) is 30.6 Å². The predicted molar refractivity (Wildman–Crippen MR) is 92.9 cm³/mol. The van der Waals surface area contributed by atoms with Crippen LogP contribution in [0.3, 0.4) is 0 Å². The van der Waals surface area contributed by atoms with Crippen molar-refractivity contribution in [2.75, 3.05) is 0 Å². The number of nitrogens with zero attached hydrogens (tertiary/aromatic N) is 3. The molecular formula is C17H24N3O2Si. The van der Waals surface area contributed by atoms with Crippen molar-refractivity contribution >= 4 is 13.9 Å². The van der Waals surface area contributed by atoms with Gasteiger partial charge in [0.1, 0.15) is 13.6 Å². The molecule has 23 heavy (non-hydrogen) atoms. The fourth-order valence-corrected chi connectivity index (χ4v) is 2.70. The second-order valence-corrected chi connectivity index (χ2v) is 12.7. The van der Waals surface area contributed by atoms with E-state index in [1.54, 1.807) is 40.0 Å². The molecule has 2 heterocycles. The largest absolute Gasteiger partial charge is 0.714 e. The van der Waals surface area contributed by atoms with Crippen LogP contribution in [0.4, 0.5) is 0 Å². The Morgan fingerprint density at radius 1 is 1.22 bits per heavy atom. The van der Waals surface area contributed by atoms with Crippen molar-refractivity contribution in [3.63, 3.8) is 0 Å². The van der Waals surface area contributed by atoms with Gasteiger partial charge in [0.2, 0.25) is 0 Å². The zero-order valence-corrected chi connectivity index (χ0v) is 15.9. The summed E-state index contributed by atoms with van der Waals surface area (Å²) in [7, 11) is -1.45. The molecular weight excluding hydrogens is 306 g/mol. The Morgan fingerprint density at radius 3 is 2.22 bits per heavy atom. The maximum atomic E-state index is 12.6. The minimum absolute atomic E-state index is 0.0599. The van der Waals surface area contributed by atoms with Gasteiger partial charge in [-0.3, -0.25) is 4.74 Å². The van der Waals surface area contributed by atoms with Crippen LogP contribution in [0.2, 0.25) is 19.6 Å². The molecule has 0 atom stereocenters. The smallest absolute Gasteiger partial charge is 0.335 e.